The summed E-state index contributed by atoms with van der Waals surface area (Å²) < 4.78 is 1.21. The molecule has 6 heteroatoms. The van der Waals surface area contributed by atoms with Gasteiger partial charge in [0, 0.05) is 44.7 Å². The molecule has 1 N–H and O–H groups in total. The number of carbonyl (C=O) groups excluding carboxylic acids is 1. The summed E-state index contributed by atoms with van der Waals surface area (Å²) in [5, 5.41) is 10.5. The summed E-state index contributed by atoms with van der Waals surface area (Å²) in [4.78, 5) is 20.3. The standard InChI is InChI=1S/C12H8N2S.C10H14O2.Ir/c1-2-7-11-9(5-1)14-12(15-11)10-6-3-4-8-13-10;11-8-5-1-3-7-4-2-6-9(12)10(7)8;/h1-8H;7,11H,1-6H2;. The van der Waals surface area contributed by atoms with Crippen LogP contribution in [-0.2, 0) is 24.9 Å². The quantitative estimate of drug-likeness (QED) is 0.407. The average Bonchev–Trinajstić information content (AvgIpc) is 3.14. The van der Waals surface area contributed by atoms with Crippen LogP contribution >= 0.6 is 11.3 Å². The number of hydrogen-bond acceptors (Lipinski definition) is 5. The molecule has 28 heavy (non-hydrogen) atoms. The third-order valence-corrected chi connectivity index (χ3v) is 6.18. The molecule has 0 spiro atoms. The fraction of sp³-hybridized carbons (Fsp3) is 0.318. The Morgan fingerprint density at radius 3 is 2.46 bits per heavy atom. The Labute approximate surface area is 182 Å². The van der Waals surface area contributed by atoms with Crippen molar-refractivity contribution in [3.05, 3.63) is 60.0 Å². The smallest absolute Gasteiger partial charge is 0.162 e. The van der Waals surface area contributed by atoms with Gasteiger partial charge in [0.25, 0.3) is 0 Å². The molecule has 1 unspecified atom stereocenters. The van der Waals surface area contributed by atoms with Crippen LogP contribution in [0.1, 0.15) is 38.5 Å². The number of fused-ring (bicyclic) bond motifs is 2. The van der Waals surface area contributed by atoms with Gasteiger partial charge in [0.1, 0.15) is 5.01 Å². The molecule has 1 aromatic carbocycles. The van der Waals surface area contributed by atoms with Crippen molar-refractivity contribution < 1.29 is 30.0 Å². The minimum atomic E-state index is 0. The molecule has 2 aliphatic rings. The van der Waals surface area contributed by atoms with Gasteiger partial charge in [-0.1, -0.05) is 18.2 Å². The number of aliphatic hydroxyl groups is 1. The van der Waals surface area contributed by atoms with Crippen molar-refractivity contribution in [3.63, 3.8) is 0 Å². The molecule has 5 rings (SSSR count). The molecule has 0 bridgehead atoms. The summed E-state index contributed by atoms with van der Waals surface area (Å²) in [6.07, 6.45) is 7.43. The maximum absolute atomic E-state index is 11.4. The van der Waals surface area contributed by atoms with Gasteiger partial charge >= 0.3 is 0 Å². The van der Waals surface area contributed by atoms with Gasteiger partial charge in [-0.15, -0.1) is 11.3 Å². The average molecular weight is 571 g/mol. The SMILES string of the molecule is O=C1CCCC2CCCC(O)=C12.[Ir].c1ccc(-c2nc3ccccc3s2)nc1. The molecule has 0 amide bonds. The van der Waals surface area contributed by atoms with E-state index in [1.54, 1.807) is 17.5 Å². The maximum atomic E-state index is 11.4. The Morgan fingerprint density at radius 2 is 1.75 bits per heavy atom. The number of nitrogens with zero attached hydrogens (tertiary/aromatic N) is 2. The van der Waals surface area contributed by atoms with Crippen molar-refractivity contribution in [3.8, 4) is 10.7 Å². The van der Waals surface area contributed by atoms with Crippen molar-refractivity contribution in [2.45, 2.75) is 38.5 Å². The number of carbonyl (C=O) groups is 1. The van der Waals surface area contributed by atoms with Gasteiger partial charge in [-0.3, -0.25) is 9.78 Å². The Morgan fingerprint density at radius 1 is 1.00 bits per heavy atom. The molecule has 0 saturated heterocycles. The van der Waals surface area contributed by atoms with E-state index in [-0.39, 0.29) is 25.9 Å². The largest absolute Gasteiger partial charge is 0.512 e. The van der Waals surface area contributed by atoms with E-state index in [9.17, 15) is 9.90 Å². The Bertz CT molecular complexity index is 951. The summed E-state index contributed by atoms with van der Waals surface area (Å²) in [5.74, 6) is 0.972. The molecule has 1 radical (unpaired) electrons. The van der Waals surface area contributed by atoms with Crippen molar-refractivity contribution >= 4 is 27.3 Å². The van der Waals surface area contributed by atoms with E-state index in [1.165, 1.54) is 4.70 Å². The molecule has 1 fully saturated rings. The van der Waals surface area contributed by atoms with Crippen LogP contribution in [0.3, 0.4) is 0 Å². The minimum Gasteiger partial charge on any atom is -0.512 e. The zero-order valence-electron chi connectivity index (χ0n) is 15.4. The Balaban J connectivity index is 0.000000159. The van der Waals surface area contributed by atoms with Crippen LogP contribution in [0.25, 0.3) is 20.9 Å². The summed E-state index contributed by atoms with van der Waals surface area (Å²) in [7, 11) is 0. The van der Waals surface area contributed by atoms with Gasteiger partial charge in [0.15, 0.2) is 5.78 Å². The summed E-state index contributed by atoms with van der Waals surface area (Å²) in [6.45, 7) is 0. The normalized spacial score (nSPS) is 18.7. The van der Waals surface area contributed by atoms with Crippen LogP contribution in [0.5, 0.6) is 0 Å². The molecule has 4 nitrogen and oxygen atoms in total. The molecule has 0 aliphatic heterocycles. The summed E-state index contributed by atoms with van der Waals surface area (Å²) in [6, 6.07) is 14.0. The van der Waals surface area contributed by atoms with Gasteiger partial charge in [0.2, 0.25) is 0 Å². The van der Waals surface area contributed by atoms with Crippen LogP contribution in [0.2, 0.25) is 0 Å². The second-order valence-corrected chi connectivity index (χ2v) is 8.00. The minimum absolute atomic E-state index is 0. The summed E-state index contributed by atoms with van der Waals surface area (Å²) in [5.41, 5.74) is 2.76. The van der Waals surface area contributed by atoms with E-state index < -0.39 is 0 Å². The van der Waals surface area contributed by atoms with E-state index in [4.69, 9.17) is 0 Å². The molecule has 2 aliphatic carbocycles. The number of rotatable bonds is 1. The number of Topliss-reactive ketones (excluding diaryl/α,β-unsaturated/α-hetero) is 1. The molecule has 2 heterocycles. The number of pyridine rings is 1. The van der Waals surface area contributed by atoms with Gasteiger partial charge < -0.3 is 5.11 Å². The Kier molecular flexibility index (Phi) is 7.11. The number of thiazole rings is 1. The fourth-order valence-corrected chi connectivity index (χ4v) is 4.77. The number of aliphatic hydroxyl groups excluding tert-OH is 1. The third-order valence-electron chi connectivity index (χ3n) is 5.12. The van der Waals surface area contributed by atoms with Crippen molar-refractivity contribution in [2.24, 2.45) is 5.92 Å². The Hall–Kier alpha value is -1.88. The van der Waals surface area contributed by atoms with E-state index in [2.05, 4.69) is 16.0 Å². The number of hydrogen-bond donors (Lipinski definition) is 1. The van der Waals surface area contributed by atoms with Gasteiger partial charge in [-0.05, 0) is 55.9 Å². The monoisotopic (exact) mass is 571 g/mol. The van der Waals surface area contributed by atoms with Gasteiger partial charge in [-0.2, -0.15) is 0 Å². The second-order valence-electron chi connectivity index (χ2n) is 6.97. The first-order chi connectivity index (χ1) is 13.2. The number of allylic oxidation sites excluding steroid dienone is 2. The molecular formula is C22H22IrN2O2S. The van der Waals surface area contributed by atoms with E-state index in [0.29, 0.717) is 18.1 Å². The van der Waals surface area contributed by atoms with Crippen molar-refractivity contribution in [1.29, 1.82) is 0 Å². The number of benzene rings is 1. The predicted molar refractivity (Wildman–Crippen MR) is 109 cm³/mol. The molecular weight excluding hydrogens is 549 g/mol. The van der Waals surface area contributed by atoms with Crippen molar-refractivity contribution in [2.75, 3.05) is 0 Å². The van der Waals surface area contributed by atoms with E-state index in [0.717, 1.165) is 53.9 Å². The summed E-state index contributed by atoms with van der Waals surface area (Å²) >= 11 is 1.68. The first-order valence-electron chi connectivity index (χ1n) is 9.44. The number of ketones is 1. The van der Waals surface area contributed by atoms with Crippen molar-refractivity contribution in [1.82, 2.24) is 9.97 Å². The fourth-order valence-electron chi connectivity index (χ4n) is 3.82. The van der Waals surface area contributed by atoms with Crippen LogP contribution in [-0.4, -0.2) is 20.9 Å². The molecule has 1 saturated carbocycles. The molecule has 2 aromatic heterocycles. The number of aromatic nitrogens is 2. The van der Waals surface area contributed by atoms with Crippen LogP contribution in [0.4, 0.5) is 0 Å². The molecule has 3 aromatic rings. The van der Waals surface area contributed by atoms with Crippen LogP contribution in [0, 0.1) is 5.92 Å². The van der Waals surface area contributed by atoms with E-state index in [1.807, 2.05) is 36.4 Å². The zero-order chi connectivity index (χ0) is 18.6. The zero-order valence-corrected chi connectivity index (χ0v) is 18.6. The van der Waals surface area contributed by atoms with Gasteiger partial charge in [0.05, 0.1) is 21.7 Å². The third kappa shape index (κ3) is 4.57. The maximum Gasteiger partial charge on any atom is 0.162 e. The van der Waals surface area contributed by atoms with E-state index >= 15 is 0 Å². The van der Waals surface area contributed by atoms with Gasteiger partial charge in [-0.25, -0.2) is 4.98 Å². The van der Waals surface area contributed by atoms with Crippen LogP contribution < -0.4 is 0 Å². The molecule has 1 atom stereocenters. The first kappa shape index (κ1) is 20.8. The second kappa shape index (κ2) is 9.55. The first-order valence-corrected chi connectivity index (χ1v) is 10.3. The molecule has 147 valence electrons. The topological polar surface area (TPSA) is 63.1 Å². The van der Waals surface area contributed by atoms with Crippen LogP contribution in [0.15, 0.2) is 60.0 Å². The predicted octanol–water partition coefficient (Wildman–Crippen LogP) is 5.71. The number of para-hydroxylation sites is 1.